The number of hydrogen-bond acceptors (Lipinski definition) is 5. The predicted octanol–water partition coefficient (Wildman–Crippen LogP) is 5.27. The van der Waals surface area contributed by atoms with Crippen LogP contribution in [0.3, 0.4) is 0 Å². The average Bonchev–Trinajstić information content (AvgIpc) is 3.36. The lowest BCUT2D eigenvalue weighted by atomic mass is 9.89. The maximum atomic E-state index is 13.4. The Balaban J connectivity index is 1.28. The molecule has 8 nitrogen and oxygen atoms in total. The number of fused-ring (bicyclic) bond motifs is 4. The molecule has 3 heterocycles. The van der Waals surface area contributed by atoms with Crippen molar-refractivity contribution in [3.8, 4) is 5.75 Å². The zero-order valence-electron chi connectivity index (χ0n) is 23.4. The summed E-state index contributed by atoms with van der Waals surface area (Å²) in [6.07, 6.45) is 3.28. The van der Waals surface area contributed by atoms with E-state index in [1.807, 2.05) is 30.7 Å². The maximum Gasteiger partial charge on any atom is 0.340 e. The molecule has 1 unspecified atom stereocenters. The van der Waals surface area contributed by atoms with E-state index < -0.39 is 0 Å². The number of nitrogens with one attached hydrogen (secondary N) is 1. The minimum absolute atomic E-state index is 0.0725. The molecule has 0 saturated carbocycles. The van der Waals surface area contributed by atoms with Gasteiger partial charge in [-0.2, -0.15) is 0 Å². The van der Waals surface area contributed by atoms with E-state index in [9.17, 15) is 9.59 Å². The predicted molar refractivity (Wildman–Crippen MR) is 153 cm³/mol. The van der Waals surface area contributed by atoms with Crippen LogP contribution in [0.4, 0.5) is 5.69 Å². The van der Waals surface area contributed by atoms with Gasteiger partial charge in [0.2, 0.25) is 5.91 Å². The second-order valence-corrected chi connectivity index (χ2v) is 10.8. The van der Waals surface area contributed by atoms with Crippen LogP contribution in [0.25, 0.3) is 21.8 Å². The Morgan fingerprint density at radius 1 is 1.08 bits per heavy atom. The number of benzene rings is 2. The molecule has 4 aromatic rings. The average molecular weight is 529 g/mol. The van der Waals surface area contributed by atoms with E-state index in [2.05, 4.69) is 39.9 Å². The van der Waals surface area contributed by atoms with Gasteiger partial charge in [0.25, 0.3) is 0 Å². The molecule has 1 aliphatic carbocycles. The minimum atomic E-state index is -0.357. The van der Waals surface area contributed by atoms with E-state index in [-0.39, 0.29) is 17.9 Å². The van der Waals surface area contributed by atoms with Crippen LogP contribution in [-0.4, -0.2) is 52.7 Å². The van der Waals surface area contributed by atoms with E-state index in [1.165, 1.54) is 27.7 Å². The highest BCUT2D eigenvalue weighted by molar-refractivity contribution is 6.08. The molecule has 8 heteroatoms. The summed E-state index contributed by atoms with van der Waals surface area (Å²) in [5, 5.41) is 5.23. The molecule has 1 amide bonds. The second kappa shape index (κ2) is 9.75. The summed E-state index contributed by atoms with van der Waals surface area (Å²) < 4.78 is 15.4. The molecule has 1 N–H and O–H groups in total. The number of aromatic nitrogens is 2. The molecule has 2 aliphatic rings. The first kappa shape index (κ1) is 25.5. The van der Waals surface area contributed by atoms with Gasteiger partial charge in [-0.3, -0.25) is 9.69 Å². The third kappa shape index (κ3) is 4.09. The van der Waals surface area contributed by atoms with Gasteiger partial charge >= 0.3 is 5.97 Å². The Bertz CT molecular complexity index is 1630. The topological polar surface area (TPSA) is 77.7 Å². The fraction of sp³-hybridized carbons (Fsp3) is 0.419. The standard InChI is InChI=1S/C31H36N4O4/c1-6-39-31(37)29-19(3)33(4)26-16-23(27(38-5)15-22(26)29)32-28(36)17-34-12-13-35-24-11-10-18(2)14-21(24)20-8-7-9-25(34)30(20)35/h10-11,14-16,25H,6-9,12-13,17H2,1-5H3,(H,32,36). The molecule has 204 valence electrons. The fourth-order valence-corrected chi connectivity index (χ4v) is 6.67. The number of methoxy groups -OCH3 is 1. The minimum Gasteiger partial charge on any atom is -0.495 e. The Hall–Kier alpha value is -3.78. The number of amides is 1. The number of anilines is 1. The van der Waals surface area contributed by atoms with Crippen molar-refractivity contribution in [3.63, 3.8) is 0 Å². The van der Waals surface area contributed by atoms with Gasteiger partial charge in [-0.05, 0) is 69.9 Å². The number of ether oxygens (including phenoxy) is 2. The number of esters is 1. The Labute approximate surface area is 228 Å². The normalized spacial score (nSPS) is 16.9. The van der Waals surface area contributed by atoms with Crippen LogP contribution < -0.4 is 10.1 Å². The molecule has 0 bridgehead atoms. The van der Waals surface area contributed by atoms with Gasteiger partial charge in [0, 0.05) is 47.8 Å². The largest absolute Gasteiger partial charge is 0.495 e. The van der Waals surface area contributed by atoms with E-state index >= 15 is 0 Å². The second-order valence-electron chi connectivity index (χ2n) is 10.8. The van der Waals surface area contributed by atoms with Crippen LogP contribution in [-0.2, 0) is 29.5 Å². The molecule has 0 spiro atoms. The van der Waals surface area contributed by atoms with E-state index in [1.54, 1.807) is 14.0 Å². The van der Waals surface area contributed by atoms with Crippen molar-refractivity contribution in [1.82, 2.24) is 14.0 Å². The number of aryl methyl sites for hydroxylation is 3. The van der Waals surface area contributed by atoms with Crippen LogP contribution in [0.1, 0.15) is 58.7 Å². The third-order valence-corrected chi connectivity index (χ3v) is 8.55. The first-order valence-corrected chi connectivity index (χ1v) is 13.8. The quantitative estimate of drug-likeness (QED) is 0.345. The van der Waals surface area contributed by atoms with Gasteiger partial charge in [0.05, 0.1) is 43.1 Å². The highest BCUT2D eigenvalue weighted by Gasteiger charge is 2.35. The molecule has 0 saturated heterocycles. The Morgan fingerprint density at radius 2 is 1.90 bits per heavy atom. The lowest BCUT2D eigenvalue weighted by Gasteiger charge is -2.39. The molecule has 39 heavy (non-hydrogen) atoms. The van der Waals surface area contributed by atoms with Gasteiger partial charge in [-0.1, -0.05) is 11.6 Å². The van der Waals surface area contributed by atoms with Crippen molar-refractivity contribution < 1.29 is 19.1 Å². The zero-order valence-corrected chi connectivity index (χ0v) is 23.4. The van der Waals surface area contributed by atoms with E-state index in [0.717, 1.165) is 48.9 Å². The monoisotopic (exact) mass is 528 g/mol. The van der Waals surface area contributed by atoms with Crippen LogP contribution in [0.2, 0.25) is 0 Å². The lowest BCUT2D eigenvalue weighted by molar-refractivity contribution is -0.118. The van der Waals surface area contributed by atoms with Gasteiger partial charge < -0.3 is 23.9 Å². The van der Waals surface area contributed by atoms with Crippen molar-refractivity contribution in [2.24, 2.45) is 7.05 Å². The van der Waals surface area contributed by atoms with Gasteiger partial charge in [-0.15, -0.1) is 0 Å². The molecule has 6 rings (SSSR count). The number of nitrogens with zero attached hydrogens (tertiary/aromatic N) is 3. The Morgan fingerprint density at radius 3 is 2.67 bits per heavy atom. The van der Waals surface area contributed by atoms with E-state index in [0.29, 0.717) is 30.2 Å². The summed E-state index contributed by atoms with van der Waals surface area (Å²) in [7, 11) is 3.48. The van der Waals surface area contributed by atoms with Gasteiger partial charge in [-0.25, -0.2) is 4.79 Å². The highest BCUT2D eigenvalue weighted by atomic mass is 16.5. The number of carbonyl (C=O) groups is 2. The van der Waals surface area contributed by atoms with Crippen molar-refractivity contribution in [2.75, 3.05) is 32.1 Å². The molecular weight excluding hydrogens is 492 g/mol. The maximum absolute atomic E-state index is 13.4. The highest BCUT2D eigenvalue weighted by Crippen LogP contribution is 2.43. The Kier molecular flexibility index (Phi) is 6.38. The summed E-state index contributed by atoms with van der Waals surface area (Å²) >= 11 is 0. The fourth-order valence-electron chi connectivity index (χ4n) is 6.67. The van der Waals surface area contributed by atoms with Crippen LogP contribution in [0.5, 0.6) is 5.75 Å². The summed E-state index contributed by atoms with van der Waals surface area (Å²) in [6.45, 7) is 8.17. The molecule has 1 aliphatic heterocycles. The van der Waals surface area contributed by atoms with Crippen molar-refractivity contribution >= 4 is 39.4 Å². The van der Waals surface area contributed by atoms with Crippen molar-refractivity contribution in [3.05, 3.63) is 58.4 Å². The van der Waals surface area contributed by atoms with Crippen molar-refractivity contribution in [1.29, 1.82) is 0 Å². The number of rotatable bonds is 6. The SMILES string of the molecule is CCOC(=O)c1c(C)n(C)c2cc(NC(=O)CN3CCn4c5c(c6cc(C)ccc64)CCCC53)c(OC)cc12. The van der Waals surface area contributed by atoms with E-state index in [4.69, 9.17) is 9.47 Å². The molecule has 2 aromatic heterocycles. The molecule has 1 atom stereocenters. The van der Waals surface area contributed by atoms with Crippen molar-refractivity contribution in [2.45, 2.75) is 52.6 Å². The first-order chi connectivity index (χ1) is 18.8. The summed E-state index contributed by atoms with van der Waals surface area (Å²) in [4.78, 5) is 28.4. The lowest BCUT2D eigenvalue weighted by Crippen LogP contribution is -2.43. The molecular formula is C31H36N4O4. The van der Waals surface area contributed by atoms with Crippen LogP contribution in [0.15, 0.2) is 30.3 Å². The summed E-state index contributed by atoms with van der Waals surface area (Å²) in [5.41, 5.74) is 8.22. The third-order valence-electron chi connectivity index (χ3n) is 8.55. The number of carbonyl (C=O) groups excluding carboxylic acids is 2. The zero-order chi connectivity index (χ0) is 27.4. The molecule has 2 aromatic carbocycles. The van der Waals surface area contributed by atoms with Crippen LogP contribution >= 0.6 is 0 Å². The molecule has 0 fully saturated rings. The summed E-state index contributed by atoms with van der Waals surface area (Å²) in [5.74, 6) is 0.0850. The first-order valence-electron chi connectivity index (χ1n) is 13.8. The van der Waals surface area contributed by atoms with Crippen LogP contribution in [0, 0.1) is 13.8 Å². The smallest absolute Gasteiger partial charge is 0.340 e. The summed E-state index contributed by atoms with van der Waals surface area (Å²) in [6, 6.07) is 10.7. The van der Waals surface area contributed by atoms with Gasteiger partial charge in [0.1, 0.15) is 5.75 Å². The molecule has 0 radical (unpaired) electrons. The van der Waals surface area contributed by atoms with Gasteiger partial charge in [0.15, 0.2) is 0 Å². The number of hydrogen-bond donors (Lipinski definition) is 1.